The number of hydrogen-bond acceptors (Lipinski definition) is 2. The Morgan fingerprint density at radius 3 is 2.16 bits per heavy atom. The van der Waals surface area contributed by atoms with E-state index < -0.39 is 0 Å². The molecule has 0 aliphatic heterocycles. The topological polar surface area (TPSA) is 18.5 Å². The van der Waals surface area contributed by atoms with Gasteiger partial charge in [0.2, 0.25) is 0 Å². The summed E-state index contributed by atoms with van der Waals surface area (Å²) in [6, 6.07) is 12.7. The molecule has 2 heteroatoms. The van der Waals surface area contributed by atoms with Crippen LogP contribution in [0.1, 0.15) is 32.3 Å². The summed E-state index contributed by atoms with van der Waals surface area (Å²) in [5.41, 5.74) is 1.05. The molecule has 0 heterocycles. The van der Waals surface area contributed by atoms with Crippen molar-refractivity contribution in [1.29, 1.82) is 0 Å². The van der Waals surface area contributed by atoms with E-state index in [9.17, 15) is 0 Å². The Kier molecular flexibility index (Phi) is 4.11. The molecular formula is C17H22O2. The van der Waals surface area contributed by atoms with Crippen molar-refractivity contribution in [1.82, 2.24) is 0 Å². The predicted molar refractivity (Wildman–Crippen MR) is 79.8 cm³/mol. The van der Waals surface area contributed by atoms with Crippen LogP contribution in [0.2, 0.25) is 0 Å². The number of benzene rings is 2. The minimum atomic E-state index is -0.183. The van der Waals surface area contributed by atoms with Crippen molar-refractivity contribution in [3.63, 3.8) is 0 Å². The zero-order valence-electron chi connectivity index (χ0n) is 12.2. The van der Waals surface area contributed by atoms with E-state index in [-0.39, 0.29) is 5.60 Å². The van der Waals surface area contributed by atoms with Gasteiger partial charge in [-0.3, -0.25) is 0 Å². The SMILES string of the molecule is CCC(CC)(OC)c1ccc2ccc(OC)cc2c1. The second-order valence-electron chi connectivity index (χ2n) is 4.83. The number of ether oxygens (including phenoxy) is 2. The molecule has 0 aliphatic carbocycles. The summed E-state index contributed by atoms with van der Waals surface area (Å²) in [4.78, 5) is 0. The van der Waals surface area contributed by atoms with Gasteiger partial charge in [-0.25, -0.2) is 0 Å². The van der Waals surface area contributed by atoms with E-state index in [2.05, 4.69) is 44.2 Å². The van der Waals surface area contributed by atoms with Crippen LogP contribution in [-0.2, 0) is 10.3 Å². The van der Waals surface area contributed by atoms with Crippen LogP contribution in [0.15, 0.2) is 36.4 Å². The summed E-state index contributed by atoms with van der Waals surface area (Å²) in [6.45, 7) is 4.34. The molecule has 0 bridgehead atoms. The van der Waals surface area contributed by atoms with Gasteiger partial charge in [-0.1, -0.05) is 32.0 Å². The van der Waals surface area contributed by atoms with Crippen molar-refractivity contribution in [2.45, 2.75) is 32.3 Å². The second kappa shape index (κ2) is 5.62. The Labute approximate surface area is 115 Å². The van der Waals surface area contributed by atoms with E-state index >= 15 is 0 Å². The van der Waals surface area contributed by atoms with Crippen LogP contribution in [0.4, 0.5) is 0 Å². The van der Waals surface area contributed by atoms with Crippen LogP contribution in [0, 0.1) is 0 Å². The summed E-state index contributed by atoms with van der Waals surface area (Å²) >= 11 is 0. The summed E-state index contributed by atoms with van der Waals surface area (Å²) in [5, 5.41) is 2.42. The highest BCUT2D eigenvalue weighted by Crippen LogP contribution is 2.34. The lowest BCUT2D eigenvalue weighted by molar-refractivity contribution is -0.0216. The van der Waals surface area contributed by atoms with E-state index in [1.165, 1.54) is 16.3 Å². The minimum Gasteiger partial charge on any atom is -0.497 e. The fraction of sp³-hybridized carbons (Fsp3) is 0.412. The highest BCUT2D eigenvalue weighted by atomic mass is 16.5. The number of rotatable bonds is 5. The Morgan fingerprint density at radius 1 is 0.895 bits per heavy atom. The summed E-state index contributed by atoms with van der Waals surface area (Å²) in [6.07, 6.45) is 1.94. The quantitative estimate of drug-likeness (QED) is 0.785. The summed E-state index contributed by atoms with van der Waals surface area (Å²) in [5.74, 6) is 0.890. The third-order valence-corrected chi connectivity index (χ3v) is 4.11. The van der Waals surface area contributed by atoms with E-state index in [0.717, 1.165) is 18.6 Å². The maximum Gasteiger partial charge on any atom is 0.119 e. The van der Waals surface area contributed by atoms with Gasteiger partial charge in [0.25, 0.3) is 0 Å². The van der Waals surface area contributed by atoms with Crippen LogP contribution in [0.5, 0.6) is 5.75 Å². The number of hydrogen-bond donors (Lipinski definition) is 0. The van der Waals surface area contributed by atoms with Crippen molar-refractivity contribution in [2.24, 2.45) is 0 Å². The Morgan fingerprint density at radius 2 is 1.58 bits per heavy atom. The molecule has 102 valence electrons. The van der Waals surface area contributed by atoms with Crippen LogP contribution < -0.4 is 4.74 Å². The lowest BCUT2D eigenvalue weighted by Gasteiger charge is -2.31. The fourth-order valence-corrected chi connectivity index (χ4v) is 2.70. The van der Waals surface area contributed by atoms with Crippen LogP contribution >= 0.6 is 0 Å². The van der Waals surface area contributed by atoms with E-state index in [1.807, 2.05) is 6.07 Å². The lowest BCUT2D eigenvalue weighted by atomic mass is 9.87. The molecule has 0 spiro atoms. The van der Waals surface area contributed by atoms with E-state index in [0.29, 0.717) is 0 Å². The van der Waals surface area contributed by atoms with Crippen molar-refractivity contribution in [3.05, 3.63) is 42.0 Å². The molecule has 0 unspecified atom stereocenters. The maximum atomic E-state index is 5.80. The van der Waals surface area contributed by atoms with Gasteiger partial charge >= 0.3 is 0 Å². The van der Waals surface area contributed by atoms with Gasteiger partial charge in [0.15, 0.2) is 0 Å². The monoisotopic (exact) mass is 258 g/mol. The van der Waals surface area contributed by atoms with Crippen molar-refractivity contribution < 1.29 is 9.47 Å². The number of fused-ring (bicyclic) bond motifs is 1. The molecule has 0 aliphatic rings. The highest BCUT2D eigenvalue weighted by molar-refractivity contribution is 5.84. The predicted octanol–water partition coefficient (Wildman–Crippen LogP) is 4.51. The molecule has 0 saturated carbocycles. The van der Waals surface area contributed by atoms with E-state index in [4.69, 9.17) is 9.47 Å². The Hall–Kier alpha value is -1.54. The third kappa shape index (κ3) is 2.45. The zero-order chi connectivity index (χ0) is 13.9. The van der Waals surface area contributed by atoms with Gasteiger partial charge in [0.1, 0.15) is 5.75 Å². The molecule has 0 saturated heterocycles. The average molecular weight is 258 g/mol. The zero-order valence-corrected chi connectivity index (χ0v) is 12.2. The van der Waals surface area contributed by atoms with Gasteiger partial charge in [0.05, 0.1) is 12.7 Å². The van der Waals surface area contributed by atoms with Gasteiger partial charge in [-0.05, 0) is 47.4 Å². The van der Waals surface area contributed by atoms with E-state index in [1.54, 1.807) is 14.2 Å². The molecular weight excluding hydrogens is 236 g/mol. The molecule has 2 nitrogen and oxygen atoms in total. The summed E-state index contributed by atoms with van der Waals surface area (Å²) < 4.78 is 11.1. The molecule has 0 N–H and O–H groups in total. The first kappa shape index (κ1) is 13.9. The molecule has 2 aromatic rings. The molecule has 19 heavy (non-hydrogen) atoms. The summed E-state index contributed by atoms with van der Waals surface area (Å²) in [7, 11) is 3.49. The molecule has 0 aromatic heterocycles. The molecule has 2 rings (SSSR count). The van der Waals surface area contributed by atoms with Gasteiger partial charge in [-0.15, -0.1) is 0 Å². The van der Waals surface area contributed by atoms with Crippen molar-refractivity contribution in [2.75, 3.05) is 14.2 Å². The smallest absolute Gasteiger partial charge is 0.119 e. The molecule has 0 amide bonds. The molecule has 2 aromatic carbocycles. The van der Waals surface area contributed by atoms with Crippen molar-refractivity contribution >= 4 is 10.8 Å². The average Bonchev–Trinajstić information content (AvgIpc) is 2.49. The second-order valence-corrected chi connectivity index (χ2v) is 4.83. The van der Waals surface area contributed by atoms with Gasteiger partial charge in [-0.2, -0.15) is 0 Å². The first-order valence-electron chi connectivity index (χ1n) is 6.82. The normalized spacial score (nSPS) is 11.8. The molecule has 0 atom stereocenters. The Balaban J connectivity index is 2.56. The largest absolute Gasteiger partial charge is 0.497 e. The minimum absolute atomic E-state index is 0.183. The molecule has 0 radical (unpaired) electrons. The standard InChI is InChI=1S/C17H22O2/c1-5-17(6-2,19-4)15-9-7-13-8-10-16(18-3)12-14(13)11-15/h7-12H,5-6H2,1-4H3. The maximum absolute atomic E-state index is 5.80. The Bertz CT molecular complexity index is 548. The molecule has 0 fully saturated rings. The van der Waals surface area contributed by atoms with Crippen LogP contribution in [-0.4, -0.2) is 14.2 Å². The highest BCUT2D eigenvalue weighted by Gasteiger charge is 2.27. The van der Waals surface area contributed by atoms with Gasteiger partial charge < -0.3 is 9.47 Å². The van der Waals surface area contributed by atoms with Crippen LogP contribution in [0.3, 0.4) is 0 Å². The number of methoxy groups -OCH3 is 2. The lowest BCUT2D eigenvalue weighted by Crippen LogP contribution is -2.26. The first-order chi connectivity index (χ1) is 9.19. The van der Waals surface area contributed by atoms with Crippen molar-refractivity contribution in [3.8, 4) is 5.75 Å². The first-order valence-corrected chi connectivity index (χ1v) is 6.82. The van der Waals surface area contributed by atoms with Crippen LogP contribution in [0.25, 0.3) is 10.8 Å². The fourth-order valence-electron chi connectivity index (χ4n) is 2.70. The van der Waals surface area contributed by atoms with Gasteiger partial charge in [0, 0.05) is 7.11 Å². The third-order valence-electron chi connectivity index (χ3n) is 4.11.